The average Bonchev–Trinajstić information content (AvgIpc) is 3.17. The number of nitrogens with one attached hydrogen (secondary N) is 2. The number of benzene rings is 1. The Kier molecular flexibility index (Phi) is 3.30. The zero-order valence-electron chi connectivity index (χ0n) is 11.3. The van der Waals surface area contributed by atoms with Gasteiger partial charge in [0.2, 0.25) is 5.91 Å². The van der Waals surface area contributed by atoms with E-state index in [1.165, 1.54) is 0 Å². The normalized spacial score (nSPS) is 24.9. The molecule has 2 N–H and O–H groups in total. The molecular weight excluding hydrogens is 276 g/mol. The van der Waals surface area contributed by atoms with Crippen molar-refractivity contribution in [3.05, 3.63) is 29.8 Å². The van der Waals surface area contributed by atoms with Crippen molar-refractivity contribution in [2.45, 2.75) is 42.8 Å². The molecule has 1 saturated carbocycles. The Morgan fingerprint density at radius 1 is 1.30 bits per heavy atom. The number of fused-ring (bicyclic) bond motifs is 1. The summed E-state index contributed by atoms with van der Waals surface area (Å²) >= 11 is 0. The summed E-state index contributed by atoms with van der Waals surface area (Å²) in [5.74, 6) is -0.0396. The Balaban J connectivity index is 1.74. The third kappa shape index (κ3) is 2.58. The highest BCUT2D eigenvalue weighted by Gasteiger charge is 2.36. The average molecular weight is 294 g/mol. The second-order valence-electron chi connectivity index (χ2n) is 5.54. The van der Waals surface area contributed by atoms with E-state index in [2.05, 4.69) is 10.6 Å². The molecule has 2 unspecified atom stereocenters. The topological polar surface area (TPSA) is 75.3 Å². The Morgan fingerprint density at radius 3 is 2.70 bits per heavy atom. The lowest BCUT2D eigenvalue weighted by Crippen LogP contribution is -2.44. The van der Waals surface area contributed by atoms with E-state index in [0.29, 0.717) is 10.9 Å². The number of carbonyl (C=O) groups excluding carboxylic acids is 1. The number of amides is 1. The Bertz CT molecular complexity index is 638. The summed E-state index contributed by atoms with van der Waals surface area (Å²) in [6, 6.07) is 6.58. The molecule has 0 saturated heterocycles. The summed E-state index contributed by atoms with van der Waals surface area (Å²) in [5, 5.41) is 6.05. The molecule has 20 heavy (non-hydrogen) atoms. The van der Waals surface area contributed by atoms with Crippen molar-refractivity contribution < 1.29 is 13.2 Å². The third-order valence-electron chi connectivity index (χ3n) is 3.78. The van der Waals surface area contributed by atoms with Gasteiger partial charge in [0, 0.05) is 12.1 Å². The molecule has 2 aliphatic rings. The maximum absolute atomic E-state index is 12.1. The molecule has 3 rings (SSSR count). The fraction of sp³-hybridized carbons (Fsp3) is 0.500. The van der Waals surface area contributed by atoms with Gasteiger partial charge in [-0.3, -0.25) is 10.1 Å². The van der Waals surface area contributed by atoms with Gasteiger partial charge in [-0.1, -0.05) is 18.2 Å². The second-order valence-corrected chi connectivity index (χ2v) is 7.55. The molecule has 0 radical (unpaired) electrons. The molecule has 1 fully saturated rings. The van der Waals surface area contributed by atoms with Crippen LogP contribution in [0.2, 0.25) is 0 Å². The molecule has 108 valence electrons. The molecule has 0 bridgehead atoms. The van der Waals surface area contributed by atoms with Crippen LogP contribution in [0.1, 0.15) is 31.4 Å². The van der Waals surface area contributed by atoms with Gasteiger partial charge in [0.15, 0.2) is 9.84 Å². The fourth-order valence-corrected chi connectivity index (χ4v) is 4.27. The molecule has 0 spiro atoms. The van der Waals surface area contributed by atoms with Crippen LogP contribution in [0, 0.1) is 0 Å². The summed E-state index contributed by atoms with van der Waals surface area (Å²) < 4.78 is 24.1. The maximum atomic E-state index is 12.1. The van der Waals surface area contributed by atoms with E-state index in [0.717, 1.165) is 18.4 Å². The van der Waals surface area contributed by atoms with Crippen LogP contribution in [-0.2, 0) is 14.6 Å². The van der Waals surface area contributed by atoms with Crippen molar-refractivity contribution in [1.29, 1.82) is 0 Å². The number of hydrogen-bond acceptors (Lipinski definition) is 4. The van der Waals surface area contributed by atoms with Crippen LogP contribution in [0.3, 0.4) is 0 Å². The first-order valence-corrected chi connectivity index (χ1v) is 8.51. The highest BCUT2D eigenvalue weighted by atomic mass is 32.2. The van der Waals surface area contributed by atoms with Crippen LogP contribution in [0.4, 0.5) is 0 Å². The Labute approximate surface area is 118 Å². The first kappa shape index (κ1) is 13.6. The smallest absolute Gasteiger partial charge is 0.237 e. The van der Waals surface area contributed by atoms with E-state index >= 15 is 0 Å². The van der Waals surface area contributed by atoms with Gasteiger partial charge in [-0.05, 0) is 31.4 Å². The van der Waals surface area contributed by atoms with Gasteiger partial charge in [-0.2, -0.15) is 0 Å². The predicted molar refractivity (Wildman–Crippen MR) is 75.0 cm³/mol. The molecule has 1 aromatic rings. The summed E-state index contributed by atoms with van der Waals surface area (Å²) in [6.07, 6.45) is 2.08. The Morgan fingerprint density at radius 2 is 2.00 bits per heavy atom. The molecule has 1 aromatic carbocycles. The van der Waals surface area contributed by atoms with Gasteiger partial charge in [-0.15, -0.1) is 0 Å². The van der Waals surface area contributed by atoms with Crippen molar-refractivity contribution in [1.82, 2.24) is 10.6 Å². The lowest BCUT2D eigenvalue weighted by atomic mass is 10.1. The molecule has 0 aromatic heterocycles. The highest BCUT2D eigenvalue weighted by Crippen LogP contribution is 2.33. The monoisotopic (exact) mass is 294 g/mol. The molecule has 1 amide bonds. The van der Waals surface area contributed by atoms with Crippen LogP contribution < -0.4 is 10.6 Å². The SMILES string of the molecule is CC(NC1CS(=O)(=O)c2ccccc21)C(=O)NC1CC1. The predicted octanol–water partition coefficient (Wildman–Crippen LogP) is 0.772. The minimum Gasteiger partial charge on any atom is -0.352 e. The zero-order chi connectivity index (χ0) is 14.3. The number of sulfone groups is 1. The largest absolute Gasteiger partial charge is 0.352 e. The summed E-state index contributed by atoms with van der Waals surface area (Å²) in [6.45, 7) is 1.77. The molecule has 6 heteroatoms. The standard InChI is InChI=1S/C14H18N2O3S/c1-9(14(17)16-10-6-7-10)15-12-8-20(18,19)13-5-3-2-4-11(12)13/h2-5,9-10,12,15H,6-8H2,1H3,(H,16,17). The van der Waals surface area contributed by atoms with E-state index in [1.54, 1.807) is 19.1 Å². The minimum absolute atomic E-state index is 0.0212. The van der Waals surface area contributed by atoms with Crippen molar-refractivity contribution in [2.75, 3.05) is 5.75 Å². The molecule has 1 heterocycles. The molecular formula is C14H18N2O3S. The van der Waals surface area contributed by atoms with Gasteiger partial charge in [0.05, 0.1) is 16.7 Å². The first-order chi connectivity index (χ1) is 9.47. The number of rotatable bonds is 4. The summed E-state index contributed by atoms with van der Waals surface area (Å²) in [4.78, 5) is 12.3. The van der Waals surface area contributed by atoms with Crippen molar-refractivity contribution in [2.24, 2.45) is 0 Å². The summed E-state index contributed by atoms with van der Waals surface area (Å²) in [7, 11) is -3.23. The lowest BCUT2D eigenvalue weighted by Gasteiger charge is -2.19. The van der Waals surface area contributed by atoms with E-state index in [4.69, 9.17) is 0 Å². The maximum Gasteiger partial charge on any atom is 0.237 e. The van der Waals surface area contributed by atoms with Crippen molar-refractivity contribution in [3.8, 4) is 0 Å². The van der Waals surface area contributed by atoms with Crippen LogP contribution in [0.15, 0.2) is 29.2 Å². The van der Waals surface area contributed by atoms with Gasteiger partial charge >= 0.3 is 0 Å². The highest BCUT2D eigenvalue weighted by molar-refractivity contribution is 7.91. The zero-order valence-corrected chi connectivity index (χ0v) is 12.1. The quantitative estimate of drug-likeness (QED) is 0.860. The summed E-state index contributed by atoms with van der Waals surface area (Å²) in [5.41, 5.74) is 0.763. The van der Waals surface area contributed by atoms with Crippen LogP contribution >= 0.6 is 0 Å². The van der Waals surface area contributed by atoms with Gasteiger partial charge in [0.1, 0.15) is 0 Å². The minimum atomic E-state index is -3.23. The molecule has 1 aliphatic carbocycles. The van der Waals surface area contributed by atoms with Crippen LogP contribution in [0.25, 0.3) is 0 Å². The molecule has 5 nitrogen and oxygen atoms in total. The first-order valence-electron chi connectivity index (χ1n) is 6.85. The second kappa shape index (κ2) is 4.86. The van der Waals surface area contributed by atoms with E-state index in [9.17, 15) is 13.2 Å². The third-order valence-corrected chi connectivity index (χ3v) is 5.60. The molecule has 1 aliphatic heterocycles. The van der Waals surface area contributed by atoms with Gasteiger partial charge in [-0.25, -0.2) is 8.42 Å². The van der Waals surface area contributed by atoms with Gasteiger partial charge < -0.3 is 5.32 Å². The van der Waals surface area contributed by atoms with E-state index in [-0.39, 0.29) is 17.7 Å². The lowest BCUT2D eigenvalue weighted by molar-refractivity contribution is -0.123. The number of hydrogen-bond donors (Lipinski definition) is 2. The van der Waals surface area contributed by atoms with Crippen molar-refractivity contribution in [3.63, 3.8) is 0 Å². The Hall–Kier alpha value is -1.40. The van der Waals surface area contributed by atoms with Crippen LogP contribution in [-0.4, -0.2) is 32.2 Å². The van der Waals surface area contributed by atoms with E-state index in [1.807, 2.05) is 12.1 Å². The van der Waals surface area contributed by atoms with Crippen molar-refractivity contribution >= 4 is 15.7 Å². The van der Waals surface area contributed by atoms with Gasteiger partial charge in [0.25, 0.3) is 0 Å². The van der Waals surface area contributed by atoms with Crippen LogP contribution in [0.5, 0.6) is 0 Å². The number of carbonyl (C=O) groups is 1. The fourth-order valence-electron chi connectivity index (χ4n) is 2.52. The molecule has 2 atom stereocenters. The van der Waals surface area contributed by atoms with E-state index < -0.39 is 15.9 Å².